The van der Waals surface area contributed by atoms with Gasteiger partial charge >= 0.3 is 6.36 Å². The quantitative estimate of drug-likeness (QED) is 0.719. The first kappa shape index (κ1) is 13.4. The van der Waals surface area contributed by atoms with Gasteiger partial charge in [0.25, 0.3) is 0 Å². The normalized spacial score (nSPS) is 11.4. The van der Waals surface area contributed by atoms with Crippen molar-refractivity contribution in [3.05, 3.63) is 53.8 Å². The van der Waals surface area contributed by atoms with Crippen LogP contribution >= 0.6 is 0 Å². The zero-order valence-electron chi connectivity index (χ0n) is 9.96. The first-order chi connectivity index (χ1) is 8.85. The minimum absolute atomic E-state index is 0.197. The molecule has 0 atom stereocenters. The average Bonchev–Trinajstić information content (AvgIpc) is 2.26. The molecule has 0 amide bonds. The lowest BCUT2D eigenvalue weighted by atomic mass is 10.0. The summed E-state index contributed by atoms with van der Waals surface area (Å²) in [5, 5.41) is 0. The van der Waals surface area contributed by atoms with Crippen molar-refractivity contribution >= 4 is 0 Å². The van der Waals surface area contributed by atoms with Crippen molar-refractivity contribution in [3.63, 3.8) is 0 Å². The largest absolute Gasteiger partial charge is 0.573 e. The highest BCUT2D eigenvalue weighted by atomic mass is 19.4. The molecular formula is C14H10F4O. The second-order valence-corrected chi connectivity index (χ2v) is 4.06. The fourth-order valence-electron chi connectivity index (χ4n) is 1.81. The number of para-hydroxylation sites is 1. The third-order valence-electron chi connectivity index (χ3n) is 2.47. The van der Waals surface area contributed by atoms with Gasteiger partial charge in [-0.3, -0.25) is 0 Å². The molecule has 1 nitrogen and oxygen atoms in total. The van der Waals surface area contributed by atoms with E-state index in [9.17, 15) is 17.6 Å². The SMILES string of the molecule is Cc1cc(F)cc(-c2ccccc2OC(F)(F)F)c1. The van der Waals surface area contributed by atoms with Crippen LogP contribution in [0.4, 0.5) is 17.6 Å². The van der Waals surface area contributed by atoms with Crippen LogP contribution < -0.4 is 4.74 Å². The van der Waals surface area contributed by atoms with Crippen LogP contribution in [0.5, 0.6) is 5.75 Å². The maximum atomic E-state index is 13.3. The molecule has 0 N–H and O–H groups in total. The Balaban J connectivity index is 2.50. The van der Waals surface area contributed by atoms with E-state index in [-0.39, 0.29) is 11.3 Å². The second-order valence-electron chi connectivity index (χ2n) is 4.06. The summed E-state index contributed by atoms with van der Waals surface area (Å²) in [6.07, 6.45) is -4.78. The Kier molecular flexibility index (Phi) is 3.46. The van der Waals surface area contributed by atoms with E-state index in [0.29, 0.717) is 11.1 Å². The molecule has 2 aromatic rings. The van der Waals surface area contributed by atoms with Crippen molar-refractivity contribution in [1.29, 1.82) is 0 Å². The zero-order valence-corrected chi connectivity index (χ0v) is 9.96. The van der Waals surface area contributed by atoms with Crippen molar-refractivity contribution in [1.82, 2.24) is 0 Å². The van der Waals surface area contributed by atoms with Crippen molar-refractivity contribution in [2.45, 2.75) is 13.3 Å². The lowest BCUT2D eigenvalue weighted by Crippen LogP contribution is -2.17. The van der Waals surface area contributed by atoms with Gasteiger partial charge in [0.1, 0.15) is 11.6 Å². The number of aryl methyl sites for hydroxylation is 1. The second kappa shape index (κ2) is 4.91. The van der Waals surface area contributed by atoms with Crippen molar-refractivity contribution in [2.75, 3.05) is 0 Å². The molecule has 0 radical (unpaired) electrons. The molecule has 2 aromatic carbocycles. The van der Waals surface area contributed by atoms with Crippen LogP contribution in [0.1, 0.15) is 5.56 Å². The summed E-state index contributed by atoms with van der Waals surface area (Å²) in [5.74, 6) is -0.850. The maximum Gasteiger partial charge on any atom is 0.573 e. The van der Waals surface area contributed by atoms with E-state index < -0.39 is 12.2 Å². The minimum atomic E-state index is -4.78. The molecule has 0 aromatic heterocycles. The molecule has 2 rings (SSSR count). The Morgan fingerprint density at radius 1 is 1.00 bits per heavy atom. The summed E-state index contributed by atoms with van der Waals surface area (Å²) in [6.45, 7) is 1.67. The van der Waals surface area contributed by atoms with Crippen LogP contribution in [0.25, 0.3) is 11.1 Å². The summed E-state index contributed by atoms with van der Waals surface area (Å²) in [6, 6.07) is 9.72. The van der Waals surface area contributed by atoms with E-state index in [0.717, 1.165) is 0 Å². The summed E-state index contributed by atoms with van der Waals surface area (Å²) in [5.41, 5.74) is 1.16. The molecule has 0 aliphatic rings. The summed E-state index contributed by atoms with van der Waals surface area (Å²) in [7, 11) is 0. The molecule has 0 bridgehead atoms. The van der Waals surface area contributed by atoms with E-state index >= 15 is 0 Å². The van der Waals surface area contributed by atoms with Gasteiger partial charge in [-0.05, 0) is 36.2 Å². The summed E-state index contributed by atoms with van der Waals surface area (Å²) < 4.78 is 54.2. The number of benzene rings is 2. The van der Waals surface area contributed by atoms with Crippen LogP contribution in [-0.2, 0) is 0 Å². The molecule has 0 fully saturated rings. The molecule has 0 saturated heterocycles. The van der Waals surface area contributed by atoms with Gasteiger partial charge in [-0.15, -0.1) is 13.2 Å². The highest BCUT2D eigenvalue weighted by Crippen LogP contribution is 2.34. The monoisotopic (exact) mass is 270 g/mol. The van der Waals surface area contributed by atoms with E-state index in [1.54, 1.807) is 19.1 Å². The van der Waals surface area contributed by atoms with E-state index in [4.69, 9.17) is 0 Å². The first-order valence-corrected chi connectivity index (χ1v) is 5.47. The Bertz CT molecular complexity index is 570. The van der Waals surface area contributed by atoms with Gasteiger partial charge < -0.3 is 4.74 Å². The predicted molar refractivity (Wildman–Crippen MR) is 63.3 cm³/mol. The number of halogens is 4. The maximum absolute atomic E-state index is 13.3. The standard InChI is InChI=1S/C14H10F4O/c1-9-6-10(8-11(15)7-9)12-4-2-3-5-13(12)19-14(16,17)18/h2-8H,1H3. The Morgan fingerprint density at radius 3 is 2.32 bits per heavy atom. The highest BCUT2D eigenvalue weighted by molar-refractivity contribution is 5.71. The number of hydrogen-bond donors (Lipinski definition) is 0. The fourth-order valence-corrected chi connectivity index (χ4v) is 1.81. The number of alkyl halides is 3. The fraction of sp³-hybridized carbons (Fsp3) is 0.143. The van der Waals surface area contributed by atoms with E-state index in [1.165, 1.54) is 30.3 Å². The molecule has 0 aliphatic carbocycles. The molecule has 0 saturated carbocycles. The molecule has 0 aliphatic heterocycles. The summed E-state index contributed by atoms with van der Waals surface area (Å²) >= 11 is 0. The van der Waals surface area contributed by atoms with Crippen molar-refractivity contribution in [3.8, 4) is 16.9 Å². The Morgan fingerprint density at radius 2 is 1.68 bits per heavy atom. The van der Waals surface area contributed by atoms with E-state index in [2.05, 4.69) is 4.74 Å². The predicted octanol–water partition coefficient (Wildman–Crippen LogP) is 4.70. The molecule has 5 heteroatoms. The molecule has 0 heterocycles. The van der Waals surface area contributed by atoms with Gasteiger partial charge in [0.2, 0.25) is 0 Å². The van der Waals surface area contributed by atoms with E-state index in [1.807, 2.05) is 0 Å². The topological polar surface area (TPSA) is 9.23 Å². The average molecular weight is 270 g/mol. The van der Waals surface area contributed by atoms with Crippen LogP contribution in [0.15, 0.2) is 42.5 Å². The lowest BCUT2D eigenvalue weighted by Gasteiger charge is -2.13. The molecule has 0 spiro atoms. The number of ether oxygens (including phenoxy) is 1. The van der Waals surface area contributed by atoms with Crippen LogP contribution in [-0.4, -0.2) is 6.36 Å². The van der Waals surface area contributed by atoms with Crippen molar-refractivity contribution < 1.29 is 22.3 Å². The lowest BCUT2D eigenvalue weighted by molar-refractivity contribution is -0.274. The third kappa shape index (κ3) is 3.47. The smallest absolute Gasteiger partial charge is 0.405 e. The van der Waals surface area contributed by atoms with Crippen LogP contribution in [0.2, 0.25) is 0 Å². The number of rotatable bonds is 2. The Hall–Kier alpha value is -2.04. The zero-order chi connectivity index (χ0) is 14.0. The van der Waals surface area contributed by atoms with Gasteiger partial charge in [-0.1, -0.05) is 24.3 Å². The summed E-state index contributed by atoms with van der Waals surface area (Å²) in [4.78, 5) is 0. The van der Waals surface area contributed by atoms with Crippen molar-refractivity contribution in [2.24, 2.45) is 0 Å². The van der Waals surface area contributed by atoms with Gasteiger partial charge in [-0.2, -0.15) is 0 Å². The van der Waals surface area contributed by atoms with Gasteiger partial charge in [-0.25, -0.2) is 4.39 Å². The molecule has 0 unspecified atom stereocenters. The highest BCUT2D eigenvalue weighted by Gasteiger charge is 2.32. The molecular weight excluding hydrogens is 260 g/mol. The van der Waals surface area contributed by atoms with Crippen LogP contribution in [0.3, 0.4) is 0 Å². The molecule has 100 valence electrons. The van der Waals surface area contributed by atoms with Gasteiger partial charge in [0.05, 0.1) is 0 Å². The molecule has 19 heavy (non-hydrogen) atoms. The third-order valence-corrected chi connectivity index (χ3v) is 2.47. The van der Waals surface area contributed by atoms with Gasteiger partial charge in [0, 0.05) is 5.56 Å². The Labute approximate surface area is 107 Å². The minimum Gasteiger partial charge on any atom is -0.405 e. The van der Waals surface area contributed by atoms with Gasteiger partial charge in [0.15, 0.2) is 0 Å². The first-order valence-electron chi connectivity index (χ1n) is 5.47. The number of hydrogen-bond acceptors (Lipinski definition) is 1. The van der Waals surface area contributed by atoms with Crippen LogP contribution in [0, 0.1) is 12.7 Å².